The number of rotatable bonds is 5. The molecule has 43 heavy (non-hydrogen) atoms. The molecule has 8 rings (SSSR count). The van der Waals surface area contributed by atoms with E-state index in [0.717, 1.165) is 43.4 Å². The third kappa shape index (κ3) is 4.15. The van der Waals surface area contributed by atoms with Crippen molar-refractivity contribution in [1.82, 2.24) is 10.0 Å². The van der Waals surface area contributed by atoms with Crippen molar-refractivity contribution in [1.29, 1.82) is 0 Å². The van der Waals surface area contributed by atoms with Gasteiger partial charge in [-0.2, -0.15) is 5.01 Å². The number of hydrogen-bond acceptors (Lipinski definition) is 4. The Kier molecular flexibility index (Phi) is 6.53. The first-order valence-corrected chi connectivity index (χ1v) is 14.9. The fourth-order valence-electron chi connectivity index (χ4n) is 7.08. The lowest BCUT2D eigenvalue weighted by atomic mass is 9.55. The predicted molar refractivity (Wildman–Crippen MR) is 163 cm³/mol. The highest BCUT2D eigenvalue weighted by Crippen LogP contribution is 2.61. The van der Waals surface area contributed by atoms with Gasteiger partial charge in [0.2, 0.25) is 0 Å². The van der Waals surface area contributed by atoms with Crippen LogP contribution in [0.5, 0.6) is 0 Å². The van der Waals surface area contributed by atoms with E-state index in [9.17, 15) is 19.2 Å². The Balaban J connectivity index is 1.34. The maximum atomic E-state index is 14.4. The molecule has 0 N–H and O–H groups in total. The average Bonchev–Trinajstić information content (AvgIpc) is 3.26. The maximum Gasteiger partial charge on any atom is 0.274 e. The summed E-state index contributed by atoms with van der Waals surface area (Å²) >= 11 is 12.5. The van der Waals surface area contributed by atoms with Gasteiger partial charge in [-0.25, -0.2) is 5.01 Å². The van der Waals surface area contributed by atoms with Crippen LogP contribution < -0.4 is 0 Å². The van der Waals surface area contributed by atoms with Gasteiger partial charge in [0.05, 0.1) is 22.4 Å². The van der Waals surface area contributed by atoms with E-state index in [-0.39, 0.29) is 22.4 Å². The van der Waals surface area contributed by atoms with Crippen LogP contribution in [-0.4, -0.2) is 40.1 Å². The van der Waals surface area contributed by atoms with E-state index in [4.69, 9.17) is 23.2 Å². The summed E-state index contributed by atoms with van der Waals surface area (Å²) in [4.78, 5) is 56.7. The first-order chi connectivity index (χ1) is 20.7. The van der Waals surface area contributed by atoms with Crippen LogP contribution in [0, 0.1) is 25.7 Å². The molecule has 4 aromatic carbocycles. The van der Waals surface area contributed by atoms with Gasteiger partial charge in [-0.05, 0) is 71.5 Å². The van der Waals surface area contributed by atoms with E-state index in [1.54, 1.807) is 12.1 Å². The van der Waals surface area contributed by atoms with Crippen molar-refractivity contribution in [3.8, 4) is 0 Å². The van der Waals surface area contributed by atoms with Crippen molar-refractivity contribution in [2.24, 2.45) is 11.8 Å². The van der Waals surface area contributed by atoms with Crippen molar-refractivity contribution in [2.45, 2.75) is 25.7 Å². The molecule has 3 amide bonds. The second kappa shape index (κ2) is 10.2. The van der Waals surface area contributed by atoms with E-state index in [1.807, 2.05) is 68.4 Å². The minimum atomic E-state index is -0.735. The van der Waals surface area contributed by atoms with E-state index < -0.39 is 41.9 Å². The number of aryl methyl sites for hydroxylation is 2. The summed E-state index contributed by atoms with van der Waals surface area (Å²) in [5.41, 5.74) is 6.39. The molecule has 0 unspecified atom stereocenters. The SMILES string of the molecule is Cc1ccc(C(=O)CN(C(=O)c2ccc(Cl)cc2Cl)N2C(=O)[C@@H]3C4c5ccccc5C(c5ccccc54)[C@H]3C2=O)cc1C. The minimum absolute atomic E-state index is 0.0315. The lowest BCUT2D eigenvalue weighted by molar-refractivity contribution is -0.154. The number of hydrazine groups is 1. The zero-order valence-electron chi connectivity index (χ0n) is 23.4. The number of Topliss-reactive ketones (excluding diaryl/α,β-unsaturated/α-hetero) is 1. The topological polar surface area (TPSA) is 74.8 Å². The van der Waals surface area contributed by atoms with Crippen LogP contribution in [0.3, 0.4) is 0 Å². The summed E-state index contributed by atoms with van der Waals surface area (Å²) in [5.74, 6) is -4.27. The van der Waals surface area contributed by atoms with Gasteiger partial charge >= 0.3 is 0 Å². The molecule has 214 valence electrons. The number of carbonyl (C=O) groups is 4. The quantitative estimate of drug-likeness (QED) is 0.186. The number of imide groups is 1. The van der Waals surface area contributed by atoms with Gasteiger partial charge in [-0.15, -0.1) is 0 Å². The van der Waals surface area contributed by atoms with E-state index >= 15 is 0 Å². The van der Waals surface area contributed by atoms with Gasteiger partial charge < -0.3 is 0 Å². The van der Waals surface area contributed by atoms with Crippen LogP contribution in [0.25, 0.3) is 0 Å². The molecule has 4 aromatic rings. The fourth-order valence-corrected chi connectivity index (χ4v) is 7.57. The average molecular weight is 610 g/mol. The van der Waals surface area contributed by atoms with Gasteiger partial charge in [0, 0.05) is 22.4 Å². The Morgan fingerprint density at radius 2 is 1.26 bits per heavy atom. The molecule has 0 saturated carbocycles. The molecule has 0 spiro atoms. The van der Waals surface area contributed by atoms with Crippen molar-refractivity contribution in [2.75, 3.05) is 6.54 Å². The highest BCUT2D eigenvalue weighted by molar-refractivity contribution is 6.36. The van der Waals surface area contributed by atoms with Crippen LogP contribution in [-0.2, 0) is 9.59 Å². The fraction of sp³-hybridized carbons (Fsp3) is 0.200. The number of halogens is 2. The summed E-state index contributed by atoms with van der Waals surface area (Å²) in [5, 5.41) is 2.27. The van der Waals surface area contributed by atoms with Crippen LogP contribution in [0.2, 0.25) is 10.0 Å². The van der Waals surface area contributed by atoms with Crippen LogP contribution in [0.4, 0.5) is 0 Å². The lowest BCUT2D eigenvalue weighted by Crippen LogP contribution is -2.52. The molecule has 6 nitrogen and oxygen atoms in total. The number of hydrogen-bond donors (Lipinski definition) is 0. The molecular formula is C35H26Cl2N2O4. The second-order valence-corrected chi connectivity index (χ2v) is 12.3. The van der Waals surface area contributed by atoms with Gasteiger partial charge in [0.15, 0.2) is 5.78 Å². The zero-order chi connectivity index (χ0) is 30.2. The summed E-state index contributed by atoms with van der Waals surface area (Å²) in [7, 11) is 0. The molecule has 1 aliphatic heterocycles. The first kappa shape index (κ1) is 27.6. The molecular weight excluding hydrogens is 583 g/mol. The van der Waals surface area contributed by atoms with Crippen LogP contribution in [0.1, 0.15) is 65.9 Å². The summed E-state index contributed by atoms with van der Waals surface area (Å²) < 4.78 is 0. The molecule has 3 aliphatic carbocycles. The molecule has 4 aliphatic rings. The maximum absolute atomic E-state index is 14.4. The second-order valence-electron chi connectivity index (χ2n) is 11.5. The Hall–Kier alpha value is -4.26. The van der Waals surface area contributed by atoms with Crippen molar-refractivity contribution in [3.05, 3.63) is 139 Å². The summed E-state index contributed by atoms with van der Waals surface area (Å²) in [6, 6.07) is 25.4. The van der Waals surface area contributed by atoms with Crippen molar-refractivity contribution < 1.29 is 19.2 Å². The monoisotopic (exact) mass is 608 g/mol. The third-order valence-electron chi connectivity index (χ3n) is 9.18. The van der Waals surface area contributed by atoms with Gasteiger partial charge in [0.25, 0.3) is 17.7 Å². The third-order valence-corrected chi connectivity index (χ3v) is 9.73. The predicted octanol–water partition coefficient (Wildman–Crippen LogP) is 6.74. The van der Waals surface area contributed by atoms with Gasteiger partial charge in [-0.3, -0.25) is 19.2 Å². The Labute approximate surface area is 258 Å². The standard InChI is InChI=1S/C35H26Cl2N2O4/c1-18-11-12-20(15-19(18)2)28(40)17-38(33(41)26-14-13-21(36)16-27(26)37)39-34(42)31-29-22-7-3-4-8-23(22)30(32(31)35(39)43)25-10-6-5-9-24(25)29/h3-16,29-32H,17H2,1-2H3/t29?,30?,31-,32-/m1/s1. The highest BCUT2D eigenvalue weighted by Gasteiger charge is 2.63. The Morgan fingerprint density at radius 3 is 1.74 bits per heavy atom. The van der Waals surface area contributed by atoms with Crippen molar-refractivity contribution >= 4 is 46.7 Å². The van der Waals surface area contributed by atoms with Crippen LogP contribution >= 0.6 is 23.2 Å². The van der Waals surface area contributed by atoms with E-state index in [2.05, 4.69) is 0 Å². The highest BCUT2D eigenvalue weighted by atomic mass is 35.5. The molecule has 1 heterocycles. The van der Waals surface area contributed by atoms with Gasteiger partial charge in [-0.1, -0.05) is 83.9 Å². The largest absolute Gasteiger partial charge is 0.292 e. The number of nitrogens with zero attached hydrogens (tertiary/aromatic N) is 2. The van der Waals surface area contributed by atoms with E-state index in [0.29, 0.717) is 10.6 Å². The zero-order valence-corrected chi connectivity index (χ0v) is 24.9. The number of benzene rings is 4. The first-order valence-electron chi connectivity index (χ1n) is 14.1. The molecule has 2 atom stereocenters. The lowest BCUT2D eigenvalue weighted by Gasteiger charge is -2.45. The number of amides is 3. The normalized spacial score (nSPS) is 21.3. The number of carbonyl (C=O) groups excluding carboxylic acids is 4. The summed E-state index contributed by atoms with van der Waals surface area (Å²) in [6.07, 6.45) is 0. The molecule has 8 heteroatoms. The van der Waals surface area contributed by atoms with Crippen LogP contribution in [0.15, 0.2) is 84.9 Å². The number of ketones is 1. The minimum Gasteiger partial charge on any atom is -0.292 e. The Morgan fingerprint density at radius 1 is 0.721 bits per heavy atom. The molecule has 0 radical (unpaired) electrons. The molecule has 1 saturated heterocycles. The van der Waals surface area contributed by atoms with Gasteiger partial charge in [0.1, 0.15) is 6.54 Å². The summed E-state index contributed by atoms with van der Waals surface area (Å²) in [6.45, 7) is 3.31. The van der Waals surface area contributed by atoms with E-state index in [1.165, 1.54) is 18.2 Å². The van der Waals surface area contributed by atoms with Crippen molar-refractivity contribution in [3.63, 3.8) is 0 Å². The molecule has 2 bridgehead atoms. The Bertz CT molecular complexity index is 1770. The molecule has 1 fully saturated rings. The smallest absolute Gasteiger partial charge is 0.274 e. The molecule has 0 aromatic heterocycles.